The summed E-state index contributed by atoms with van der Waals surface area (Å²) in [5.74, 6) is 0.419. The molecule has 0 fully saturated rings. The van der Waals surface area contributed by atoms with Crippen LogP contribution in [-0.4, -0.2) is 29.3 Å². The average Bonchev–Trinajstić information content (AvgIpc) is 2.66. The molecule has 3 rings (SSSR count). The summed E-state index contributed by atoms with van der Waals surface area (Å²) >= 11 is 0. The molecule has 0 aliphatic heterocycles. The van der Waals surface area contributed by atoms with Crippen LogP contribution in [0.5, 0.6) is 5.88 Å². The molecule has 1 heterocycles. The van der Waals surface area contributed by atoms with E-state index in [0.717, 1.165) is 22.4 Å². The van der Waals surface area contributed by atoms with Gasteiger partial charge in [0.15, 0.2) is 0 Å². The van der Waals surface area contributed by atoms with Crippen molar-refractivity contribution >= 4 is 5.91 Å². The normalized spacial score (nSPS) is 10.3. The summed E-state index contributed by atoms with van der Waals surface area (Å²) in [5.41, 5.74) is 3.96. The lowest BCUT2D eigenvalue weighted by molar-refractivity contribution is -0.120. The van der Waals surface area contributed by atoms with Gasteiger partial charge in [0.1, 0.15) is 6.61 Å². The summed E-state index contributed by atoms with van der Waals surface area (Å²) in [6, 6.07) is 21.4. The molecule has 0 radical (unpaired) electrons. The number of rotatable bonds is 7. The van der Waals surface area contributed by atoms with Crippen LogP contribution in [0.2, 0.25) is 0 Å². The number of carbonyl (C=O) groups excluding carboxylic acids is 1. The maximum absolute atomic E-state index is 11.9. The number of aromatic nitrogens is 2. The predicted octanol–water partition coefficient (Wildman–Crippen LogP) is 3.19. The van der Waals surface area contributed by atoms with Crippen molar-refractivity contribution in [3.8, 4) is 17.1 Å². The standard InChI is InChI=1S/C21H21N3O2/c1-16-6-5-7-17(14-16)15-20(25)22-12-13-26-21-11-10-19(23-24-21)18-8-3-2-4-9-18/h2-11,14H,12-13,15H2,1H3,(H,22,25). The molecular weight excluding hydrogens is 326 g/mol. The summed E-state index contributed by atoms with van der Waals surface area (Å²) in [6.45, 7) is 2.78. The Morgan fingerprint density at radius 1 is 1.00 bits per heavy atom. The number of amides is 1. The van der Waals surface area contributed by atoms with Crippen LogP contribution in [0.15, 0.2) is 66.7 Å². The number of benzene rings is 2. The lowest BCUT2D eigenvalue weighted by Gasteiger charge is -2.08. The maximum Gasteiger partial charge on any atom is 0.233 e. The van der Waals surface area contributed by atoms with Gasteiger partial charge in [-0.15, -0.1) is 10.2 Å². The smallest absolute Gasteiger partial charge is 0.233 e. The molecular formula is C21H21N3O2. The summed E-state index contributed by atoms with van der Waals surface area (Å²) in [6.07, 6.45) is 0.368. The number of aryl methyl sites for hydroxylation is 1. The lowest BCUT2D eigenvalue weighted by atomic mass is 10.1. The minimum absolute atomic E-state index is 0.0234. The molecule has 0 atom stereocenters. The van der Waals surface area contributed by atoms with Gasteiger partial charge in [-0.2, -0.15) is 0 Å². The summed E-state index contributed by atoms with van der Waals surface area (Å²) < 4.78 is 5.53. The topological polar surface area (TPSA) is 64.1 Å². The zero-order valence-corrected chi connectivity index (χ0v) is 14.7. The summed E-state index contributed by atoms with van der Waals surface area (Å²) in [7, 11) is 0. The van der Waals surface area contributed by atoms with Crippen LogP contribution < -0.4 is 10.1 Å². The SMILES string of the molecule is Cc1cccc(CC(=O)NCCOc2ccc(-c3ccccc3)nn2)c1. The molecule has 0 saturated carbocycles. The van der Waals surface area contributed by atoms with Crippen LogP contribution in [0.4, 0.5) is 0 Å². The largest absolute Gasteiger partial charge is 0.475 e. The van der Waals surface area contributed by atoms with Crippen LogP contribution in [0.1, 0.15) is 11.1 Å². The Hall–Kier alpha value is -3.21. The molecule has 26 heavy (non-hydrogen) atoms. The third kappa shape index (κ3) is 5.14. The lowest BCUT2D eigenvalue weighted by Crippen LogP contribution is -2.29. The van der Waals surface area contributed by atoms with Gasteiger partial charge in [-0.1, -0.05) is 60.2 Å². The van der Waals surface area contributed by atoms with Crippen molar-refractivity contribution in [1.29, 1.82) is 0 Å². The van der Waals surface area contributed by atoms with Crippen molar-refractivity contribution in [3.05, 3.63) is 77.9 Å². The second-order valence-corrected chi connectivity index (χ2v) is 5.99. The van der Waals surface area contributed by atoms with E-state index in [0.29, 0.717) is 25.5 Å². The molecule has 1 amide bonds. The quantitative estimate of drug-likeness (QED) is 0.667. The molecule has 0 saturated heterocycles. The number of carbonyl (C=O) groups is 1. The van der Waals surface area contributed by atoms with Gasteiger partial charge in [-0.25, -0.2) is 0 Å². The zero-order chi connectivity index (χ0) is 18.2. The van der Waals surface area contributed by atoms with E-state index in [4.69, 9.17) is 4.74 Å². The van der Waals surface area contributed by atoms with Crippen LogP contribution >= 0.6 is 0 Å². The molecule has 5 heteroatoms. The monoisotopic (exact) mass is 347 g/mol. The molecule has 0 unspecified atom stereocenters. The van der Waals surface area contributed by atoms with Crippen molar-refractivity contribution in [2.45, 2.75) is 13.3 Å². The fourth-order valence-corrected chi connectivity index (χ4v) is 2.58. The molecule has 2 aromatic carbocycles. The van der Waals surface area contributed by atoms with E-state index in [1.54, 1.807) is 6.07 Å². The third-order valence-electron chi connectivity index (χ3n) is 3.83. The highest BCUT2D eigenvalue weighted by molar-refractivity contribution is 5.78. The zero-order valence-electron chi connectivity index (χ0n) is 14.7. The van der Waals surface area contributed by atoms with Gasteiger partial charge < -0.3 is 10.1 Å². The highest BCUT2D eigenvalue weighted by atomic mass is 16.5. The Bertz CT molecular complexity index is 849. The Morgan fingerprint density at radius 2 is 1.85 bits per heavy atom. The van der Waals surface area contributed by atoms with Crippen molar-refractivity contribution in [3.63, 3.8) is 0 Å². The number of nitrogens with one attached hydrogen (secondary N) is 1. The minimum atomic E-state index is -0.0234. The molecule has 3 aromatic rings. The second-order valence-electron chi connectivity index (χ2n) is 5.99. The van der Waals surface area contributed by atoms with Gasteiger partial charge in [0.2, 0.25) is 11.8 Å². The van der Waals surface area contributed by atoms with Gasteiger partial charge >= 0.3 is 0 Å². The summed E-state index contributed by atoms with van der Waals surface area (Å²) in [4.78, 5) is 11.9. The fraction of sp³-hybridized carbons (Fsp3) is 0.190. The summed E-state index contributed by atoms with van der Waals surface area (Å²) in [5, 5.41) is 11.1. The Kier molecular flexibility index (Phi) is 5.93. The van der Waals surface area contributed by atoms with Gasteiger partial charge in [0.05, 0.1) is 18.7 Å². The number of ether oxygens (including phenoxy) is 1. The highest BCUT2D eigenvalue weighted by Gasteiger charge is 2.04. The number of hydrogen-bond donors (Lipinski definition) is 1. The van der Waals surface area contributed by atoms with E-state index in [-0.39, 0.29) is 5.91 Å². The third-order valence-corrected chi connectivity index (χ3v) is 3.83. The molecule has 1 N–H and O–H groups in total. The Morgan fingerprint density at radius 3 is 2.58 bits per heavy atom. The molecule has 0 aliphatic rings. The van der Waals surface area contributed by atoms with E-state index >= 15 is 0 Å². The van der Waals surface area contributed by atoms with Gasteiger partial charge in [0, 0.05) is 11.6 Å². The van der Waals surface area contributed by atoms with Gasteiger partial charge in [-0.05, 0) is 18.6 Å². The van der Waals surface area contributed by atoms with Crippen LogP contribution in [0, 0.1) is 6.92 Å². The second kappa shape index (κ2) is 8.76. The number of nitrogens with zero attached hydrogens (tertiary/aromatic N) is 2. The molecule has 0 bridgehead atoms. The van der Waals surface area contributed by atoms with Crippen LogP contribution in [-0.2, 0) is 11.2 Å². The maximum atomic E-state index is 11.9. The minimum Gasteiger partial charge on any atom is -0.475 e. The molecule has 0 aliphatic carbocycles. The van der Waals surface area contributed by atoms with Crippen molar-refractivity contribution < 1.29 is 9.53 Å². The highest BCUT2D eigenvalue weighted by Crippen LogP contribution is 2.16. The van der Waals surface area contributed by atoms with Crippen LogP contribution in [0.3, 0.4) is 0 Å². The molecule has 0 spiro atoms. The fourth-order valence-electron chi connectivity index (χ4n) is 2.58. The first-order valence-corrected chi connectivity index (χ1v) is 8.55. The first kappa shape index (κ1) is 17.6. The molecule has 132 valence electrons. The Labute approximate surface area is 153 Å². The van der Waals surface area contributed by atoms with E-state index in [1.165, 1.54) is 0 Å². The van der Waals surface area contributed by atoms with Crippen molar-refractivity contribution in [1.82, 2.24) is 15.5 Å². The van der Waals surface area contributed by atoms with Crippen LogP contribution in [0.25, 0.3) is 11.3 Å². The first-order valence-electron chi connectivity index (χ1n) is 8.55. The van der Waals surface area contributed by atoms with Gasteiger partial charge in [-0.3, -0.25) is 4.79 Å². The Balaban J connectivity index is 1.41. The van der Waals surface area contributed by atoms with E-state index < -0.39 is 0 Å². The van der Waals surface area contributed by atoms with E-state index in [9.17, 15) is 4.79 Å². The van der Waals surface area contributed by atoms with E-state index in [2.05, 4.69) is 15.5 Å². The molecule has 5 nitrogen and oxygen atoms in total. The number of hydrogen-bond acceptors (Lipinski definition) is 4. The van der Waals surface area contributed by atoms with Gasteiger partial charge in [0.25, 0.3) is 0 Å². The van der Waals surface area contributed by atoms with Crippen molar-refractivity contribution in [2.24, 2.45) is 0 Å². The first-order chi connectivity index (χ1) is 12.7. The molecule has 1 aromatic heterocycles. The average molecular weight is 347 g/mol. The van der Waals surface area contributed by atoms with Crippen molar-refractivity contribution in [2.75, 3.05) is 13.2 Å². The predicted molar refractivity (Wildman–Crippen MR) is 101 cm³/mol. The van der Waals surface area contributed by atoms with E-state index in [1.807, 2.05) is 67.6 Å².